The summed E-state index contributed by atoms with van der Waals surface area (Å²) >= 11 is 0. The van der Waals surface area contributed by atoms with Crippen LogP contribution in [0.15, 0.2) is 48.2 Å². The number of rotatable bonds is 4. The van der Waals surface area contributed by atoms with Gasteiger partial charge in [-0.2, -0.15) is 0 Å². The highest BCUT2D eigenvalue weighted by Crippen LogP contribution is 2.50. The topological polar surface area (TPSA) is 67.9 Å². The van der Waals surface area contributed by atoms with Crippen LogP contribution in [0, 0.1) is 0 Å². The Kier molecular flexibility index (Phi) is 5.28. The molecule has 0 aromatic heterocycles. The van der Waals surface area contributed by atoms with Gasteiger partial charge in [-0.3, -0.25) is 4.79 Å². The Balaban J connectivity index is 1.76. The molecule has 6 heteroatoms. The summed E-state index contributed by atoms with van der Waals surface area (Å²) in [6, 6.07) is 13.6. The molecule has 1 atom stereocenters. The van der Waals surface area contributed by atoms with Gasteiger partial charge in [0.1, 0.15) is 23.0 Å². The minimum Gasteiger partial charge on any atom is -0.497 e. The summed E-state index contributed by atoms with van der Waals surface area (Å²) in [6.07, 6.45) is 0.933. The molecule has 0 bridgehead atoms. The minimum atomic E-state index is -0.781. The molecular formula is C25H28N2O4. The van der Waals surface area contributed by atoms with E-state index in [1.165, 1.54) is 0 Å². The molecule has 31 heavy (non-hydrogen) atoms. The summed E-state index contributed by atoms with van der Waals surface area (Å²) in [5, 5.41) is 3.08. The van der Waals surface area contributed by atoms with E-state index in [9.17, 15) is 9.59 Å². The van der Waals surface area contributed by atoms with Crippen LogP contribution in [0.4, 0.5) is 5.69 Å². The lowest BCUT2D eigenvalue weighted by molar-refractivity contribution is -0.123. The number of hydrogen-bond acceptors (Lipinski definition) is 5. The van der Waals surface area contributed by atoms with Gasteiger partial charge in [-0.1, -0.05) is 12.1 Å². The van der Waals surface area contributed by atoms with Gasteiger partial charge in [0.25, 0.3) is 0 Å². The lowest BCUT2D eigenvalue weighted by Crippen LogP contribution is -2.46. The first kappa shape index (κ1) is 21.0. The van der Waals surface area contributed by atoms with E-state index in [0.29, 0.717) is 31.6 Å². The second-order valence-electron chi connectivity index (χ2n) is 9.15. The van der Waals surface area contributed by atoms with Crippen LogP contribution in [-0.4, -0.2) is 31.1 Å². The molecule has 6 nitrogen and oxygen atoms in total. The van der Waals surface area contributed by atoms with E-state index in [0.717, 1.165) is 28.3 Å². The molecule has 0 radical (unpaired) electrons. The van der Waals surface area contributed by atoms with Gasteiger partial charge in [-0.25, -0.2) is 4.79 Å². The highest BCUT2D eigenvalue weighted by Gasteiger charge is 2.52. The van der Waals surface area contributed by atoms with Gasteiger partial charge in [0.15, 0.2) is 0 Å². The maximum Gasteiger partial charge on any atom is 0.238 e. The Labute approximate surface area is 182 Å². The molecule has 1 spiro atoms. The summed E-state index contributed by atoms with van der Waals surface area (Å²) in [6.45, 7) is 6.99. The number of carbonyl (C=O) groups is 1. The van der Waals surface area contributed by atoms with E-state index in [-0.39, 0.29) is 11.5 Å². The van der Waals surface area contributed by atoms with Crippen molar-refractivity contribution in [3.8, 4) is 11.5 Å². The Morgan fingerprint density at radius 2 is 1.84 bits per heavy atom. The van der Waals surface area contributed by atoms with Gasteiger partial charge in [0.2, 0.25) is 5.91 Å². The summed E-state index contributed by atoms with van der Waals surface area (Å²) in [5.41, 5.74) is 2.11. The van der Waals surface area contributed by atoms with Crippen LogP contribution in [0.3, 0.4) is 0 Å². The largest absolute Gasteiger partial charge is 0.497 e. The summed E-state index contributed by atoms with van der Waals surface area (Å²) in [5.74, 6) is 3.49. The van der Waals surface area contributed by atoms with Crippen molar-refractivity contribution in [1.82, 2.24) is 5.32 Å². The van der Waals surface area contributed by atoms with Crippen molar-refractivity contribution in [2.45, 2.75) is 51.2 Å². The van der Waals surface area contributed by atoms with Gasteiger partial charge >= 0.3 is 0 Å². The highest BCUT2D eigenvalue weighted by molar-refractivity contribution is 6.08. The second kappa shape index (κ2) is 7.78. The van der Waals surface area contributed by atoms with Crippen LogP contribution in [0.25, 0.3) is 0 Å². The summed E-state index contributed by atoms with van der Waals surface area (Å²) in [4.78, 5) is 27.1. The third-order valence-corrected chi connectivity index (χ3v) is 5.84. The van der Waals surface area contributed by atoms with Crippen molar-refractivity contribution in [2.24, 2.45) is 0 Å². The van der Waals surface area contributed by atoms with Crippen LogP contribution in [-0.2, 0) is 21.5 Å². The first-order valence-electron chi connectivity index (χ1n) is 10.5. The molecule has 1 saturated heterocycles. The third kappa shape index (κ3) is 3.91. The first-order chi connectivity index (χ1) is 14.8. The smallest absolute Gasteiger partial charge is 0.238 e. The number of nitrogens with zero attached hydrogens (tertiary/aromatic N) is 1. The SMILES string of the molecule is COc1ccc(CN2C(=O)C3(CCNC(=C=O)C3)c3cc(OC(C)(C)C)ccc32)cc1. The van der Waals surface area contributed by atoms with E-state index in [1.807, 2.05) is 74.1 Å². The number of benzene rings is 2. The fraction of sp³-hybridized carbons (Fsp3) is 0.400. The van der Waals surface area contributed by atoms with Crippen molar-refractivity contribution < 1.29 is 19.1 Å². The average Bonchev–Trinajstić information content (AvgIpc) is 2.95. The molecule has 2 aromatic carbocycles. The molecule has 1 fully saturated rings. The van der Waals surface area contributed by atoms with Crippen molar-refractivity contribution in [3.05, 3.63) is 59.3 Å². The number of nitrogens with one attached hydrogen (secondary N) is 1. The molecule has 0 aliphatic carbocycles. The molecule has 0 saturated carbocycles. The number of amides is 1. The van der Waals surface area contributed by atoms with E-state index in [1.54, 1.807) is 7.11 Å². The Morgan fingerprint density at radius 1 is 1.13 bits per heavy atom. The van der Waals surface area contributed by atoms with Crippen molar-refractivity contribution in [3.63, 3.8) is 0 Å². The lowest BCUT2D eigenvalue weighted by Gasteiger charge is -2.33. The minimum absolute atomic E-state index is 0.0143. The van der Waals surface area contributed by atoms with E-state index >= 15 is 0 Å². The predicted octanol–water partition coefficient (Wildman–Crippen LogP) is 3.76. The molecule has 1 unspecified atom stereocenters. The van der Waals surface area contributed by atoms with Crippen LogP contribution >= 0.6 is 0 Å². The standard InChI is InChI=1S/C25H28N2O4/c1-24(2,3)31-20-9-10-22-21(13-20)25(11-12-26-18(14-25)16-28)23(29)27(22)15-17-5-7-19(30-4)8-6-17/h5-10,13,26H,11-12,14-15H2,1-4H3. The van der Waals surface area contributed by atoms with Gasteiger partial charge in [-0.05, 0) is 68.7 Å². The maximum absolute atomic E-state index is 13.8. The van der Waals surface area contributed by atoms with Gasteiger partial charge < -0.3 is 19.7 Å². The summed E-state index contributed by atoms with van der Waals surface area (Å²) in [7, 11) is 1.63. The predicted molar refractivity (Wildman–Crippen MR) is 119 cm³/mol. The highest BCUT2D eigenvalue weighted by atomic mass is 16.5. The Morgan fingerprint density at radius 3 is 2.48 bits per heavy atom. The monoisotopic (exact) mass is 420 g/mol. The number of hydrogen-bond donors (Lipinski definition) is 1. The van der Waals surface area contributed by atoms with E-state index in [2.05, 4.69) is 5.32 Å². The van der Waals surface area contributed by atoms with Gasteiger partial charge in [0, 0.05) is 18.7 Å². The molecule has 2 aliphatic heterocycles. The van der Waals surface area contributed by atoms with E-state index < -0.39 is 5.41 Å². The maximum atomic E-state index is 13.8. The number of methoxy groups -OCH3 is 1. The number of anilines is 1. The van der Waals surface area contributed by atoms with Gasteiger partial charge in [0.05, 0.1) is 24.8 Å². The molecule has 1 N–H and O–H groups in total. The third-order valence-electron chi connectivity index (χ3n) is 5.84. The fourth-order valence-corrected chi connectivity index (χ4v) is 4.47. The second-order valence-corrected chi connectivity index (χ2v) is 9.15. The lowest BCUT2D eigenvalue weighted by atomic mass is 9.73. The van der Waals surface area contributed by atoms with Crippen LogP contribution in [0.5, 0.6) is 11.5 Å². The van der Waals surface area contributed by atoms with Crippen molar-refractivity contribution in [1.29, 1.82) is 0 Å². The molecule has 1 amide bonds. The zero-order valence-corrected chi connectivity index (χ0v) is 18.5. The first-order valence-corrected chi connectivity index (χ1v) is 10.5. The van der Waals surface area contributed by atoms with Crippen molar-refractivity contribution >= 4 is 17.5 Å². The Bertz CT molecular complexity index is 1050. The number of carbonyl (C=O) groups excluding carboxylic acids is 2. The number of allylic oxidation sites excluding steroid dienone is 1. The number of fused-ring (bicyclic) bond motifs is 2. The van der Waals surface area contributed by atoms with Crippen LogP contribution in [0.1, 0.15) is 44.7 Å². The van der Waals surface area contributed by atoms with Crippen molar-refractivity contribution in [2.75, 3.05) is 18.6 Å². The normalized spacial score (nSPS) is 20.3. The zero-order chi connectivity index (χ0) is 22.2. The quantitative estimate of drug-likeness (QED) is 0.763. The molecule has 4 rings (SSSR count). The number of piperidine rings is 1. The fourth-order valence-electron chi connectivity index (χ4n) is 4.47. The molecular weight excluding hydrogens is 392 g/mol. The van der Waals surface area contributed by atoms with Crippen LogP contribution < -0.4 is 19.7 Å². The zero-order valence-electron chi connectivity index (χ0n) is 18.5. The van der Waals surface area contributed by atoms with Gasteiger partial charge in [-0.15, -0.1) is 0 Å². The number of ether oxygens (including phenoxy) is 2. The van der Waals surface area contributed by atoms with E-state index in [4.69, 9.17) is 9.47 Å². The Hall–Kier alpha value is -3.24. The molecule has 162 valence electrons. The molecule has 2 heterocycles. The average molecular weight is 421 g/mol. The summed E-state index contributed by atoms with van der Waals surface area (Å²) < 4.78 is 11.3. The molecule has 2 aromatic rings. The molecule has 2 aliphatic rings. The van der Waals surface area contributed by atoms with Crippen LogP contribution in [0.2, 0.25) is 0 Å².